The Morgan fingerprint density at radius 1 is 1.36 bits per heavy atom. The van der Waals surface area contributed by atoms with Gasteiger partial charge in [0.25, 0.3) is 0 Å². The second-order valence-corrected chi connectivity index (χ2v) is 8.41. The summed E-state index contributed by atoms with van der Waals surface area (Å²) in [6.45, 7) is 9.88. The fraction of sp³-hybridized carbons (Fsp3) is 0.588. The first-order valence-corrected chi connectivity index (χ1v) is 10.5. The molecule has 2 aromatic heterocycles. The van der Waals surface area contributed by atoms with E-state index in [2.05, 4.69) is 29.1 Å². The minimum absolute atomic E-state index is 0.0679. The Labute approximate surface area is 156 Å². The fourth-order valence-electron chi connectivity index (χ4n) is 2.92. The van der Waals surface area contributed by atoms with Crippen LogP contribution < -0.4 is 10.2 Å². The van der Waals surface area contributed by atoms with Crippen LogP contribution in [0.3, 0.4) is 0 Å². The van der Waals surface area contributed by atoms with Gasteiger partial charge in [-0.1, -0.05) is 11.8 Å². The maximum Gasteiger partial charge on any atom is 0.230 e. The lowest BCUT2D eigenvalue weighted by molar-refractivity contribution is -0.908. The number of nitrogens with zero attached hydrogens (tertiary/aromatic N) is 2. The van der Waals surface area contributed by atoms with Crippen molar-refractivity contribution in [3.63, 3.8) is 0 Å². The van der Waals surface area contributed by atoms with Crippen LogP contribution in [-0.2, 0) is 9.53 Å². The molecule has 1 fully saturated rings. The molecule has 25 heavy (non-hydrogen) atoms. The summed E-state index contributed by atoms with van der Waals surface area (Å²) >= 11 is 3.17. The molecule has 0 bridgehead atoms. The Morgan fingerprint density at radius 2 is 2.16 bits per heavy atom. The number of morpholine rings is 1. The van der Waals surface area contributed by atoms with E-state index in [4.69, 9.17) is 4.74 Å². The van der Waals surface area contributed by atoms with Crippen molar-refractivity contribution in [2.45, 2.75) is 25.3 Å². The molecule has 1 aliphatic rings. The molecule has 1 amide bonds. The van der Waals surface area contributed by atoms with Gasteiger partial charge in [0.05, 0.1) is 25.5 Å². The Kier molecular flexibility index (Phi) is 6.63. The largest absolute Gasteiger partial charge is 0.370 e. The number of aryl methyl sites for hydroxylation is 2. The third-order valence-electron chi connectivity index (χ3n) is 4.50. The van der Waals surface area contributed by atoms with E-state index in [1.54, 1.807) is 22.6 Å². The molecule has 3 heterocycles. The average molecular weight is 382 g/mol. The number of fused-ring (bicyclic) bond motifs is 1. The van der Waals surface area contributed by atoms with E-state index >= 15 is 0 Å². The predicted molar refractivity (Wildman–Crippen MR) is 102 cm³/mol. The number of carbonyl (C=O) groups is 1. The predicted octanol–water partition coefficient (Wildman–Crippen LogP) is 0.822. The summed E-state index contributed by atoms with van der Waals surface area (Å²) in [5.74, 6) is 0.462. The quantitative estimate of drug-likeness (QED) is 0.422. The van der Waals surface area contributed by atoms with Gasteiger partial charge in [-0.15, -0.1) is 11.3 Å². The van der Waals surface area contributed by atoms with Crippen molar-refractivity contribution in [2.24, 2.45) is 0 Å². The van der Waals surface area contributed by atoms with E-state index in [9.17, 15) is 4.79 Å². The molecule has 2 aromatic rings. The first kappa shape index (κ1) is 18.6. The molecule has 8 heteroatoms. The smallest absolute Gasteiger partial charge is 0.230 e. The number of thioether (sulfide) groups is 1. The molecule has 0 spiro atoms. The van der Waals surface area contributed by atoms with Crippen LogP contribution in [-0.4, -0.2) is 61.0 Å². The van der Waals surface area contributed by atoms with Crippen molar-refractivity contribution >= 4 is 39.2 Å². The summed E-state index contributed by atoms with van der Waals surface area (Å²) < 4.78 is 5.36. The Morgan fingerprint density at radius 3 is 2.96 bits per heavy atom. The van der Waals surface area contributed by atoms with E-state index in [0.717, 1.165) is 61.1 Å². The van der Waals surface area contributed by atoms with Gasteiger partial charge < -0.3 is 15.0 Å². The van der Waals surface area contributed by atoms with E-state index in [0.29, 0.717) is 5.75 Å². The molecule has 3 rings (SSSR count). The summed E-state index contributed by atoms with van der Waals surface area (Å²) in [5, 5.41) is 5.01. The minimum atomic E-state index is 0.0679. The van der Waals surface area contributed by atoms with Crippen molar-refractivity contribution in [3.05, 3.63) is 16.8 Å². The molecular weight excluding hydrogens is 356 g/mol. The second-order valence-electron chi connectivity index (χ2n) is 6.25. The molecule has 0 saturated carbocycles. The van der Waals surface area contributed by atoms with Crippen molar-refractivity contribution in [1.29, 1.82) is 0 Å². The van der Waals surface area contributed by atoms with Crippen LogP contribution in [0.15, 0.2) is 11.4 Å². The highest BCUT2D eigenvalue weighted by Crippen LogP contribution is 2.34. The van der Waals surface area contributed by atoms with Crippen LogP contribution in [0.2, 0.25) is 0 Å². The standard InChI is InChI=1S/C17H24N4O2S2/c1-12-13(2)25-17-15(12)16(19-11-20-17)24-10-14(22)18-4-3-5-21-6-8-23-9-7-21/h11H,3-10H2,1-2H3,(H,18,22)/p+1. The molecular formula is C17H25N4O2S2+. The van der Waals surface area contributed by atoms with E-state index in [1.165, 1.54) is 22.2 Å². The average Bonchev–Trinajstić information content (AvgIpc) is 2.93. The van der Waals surface area contributed by atoms with Gasteiger partial charge in [-0.2, -0.15) is 0 Å². The lowest BCUT2D eigenvalue weighted by Gasteiger charge is -2.23. The summed E-state index contributed by atoms with van der Waals surface area (Å²) in [7, 11) is 0. The van der Waals surface area contributed by atoms with Gasteiger partial charge in [-0.05, 0) is 19.4 Å². The molecule has 0 radical (unpaired) electrons. The number of thiophene rings is 1. The van der Waals surface area contributed by atoms with Crippen LogP contribution in [0.5, 0.6) is 0 Å². The van der Waals surface area contributed by atoms with Crippen molar-refractivity contribution in [2.75, 3.05) is 45.1 Å². The van der Waals surface area contributed by atoms with Crippen LogP contribution in [0.1, 0.15) is 16.9 Å². The SMILES string of the molecule is Cc1sc2ncnc(SCC(=O)NCCC[NH+]3CCOCC3)c2c1C. The lowest BCUT2D eigenvalue weighted by Crippen LogP contribution is -3.14. The molecule has 0 atom stereocenters. The lowest BCUT2D eigenvalue weighted by atomic mass is 10.2. The van der Waals surface area contributed by atoms with E-state index < -0.39 is 0 Å². The zero-order valence-electron chi connectivity index (χ0n) is 14.8. The Bertz CT molecular complexity index is 729. The number of rotatable bonds is 7. The van der Waals surface area contributed by atoms with Gasteiger partial charge in [0.2, 0.25) is 5.91 Å². The highest BCUT2D eigenvalue weighted by atomic mass is 32.2. The zero-order valence-corrected chi connectivity index (χ0v) is 16.4. The minimum Gasteiger partial charge on any atom is -0.370 e. The zero-order chi connectivity index (χ0) is 17.6. The van der Waals surface area contributed by atoms with Gasteiger partial charge in [0, 0.05) is 23.2 Å². The summed E-state index contributed by atoms with van der Waals surface area (Å²) in [4.78, 5) is 24.6. The third-order valence-corrected chi connectivity index (χ3v) is 6.60. The fourth-order valence-corrected chi connectivity index (χ4v) is 4.87. The number of nitrogens with one attached hydrogen (secondary N) is 2. The van der Waals surface area contributed by atoms with Gasteiger partial charge in [-0.3, -0.25) is 4.79 Å². The van der Waals surface area contributed by atoms with Crippen LogP contribution in [0.25, 0.3) is 10.2 Å². The molecule has 2 N–H and O–H groups in total. The van der Waals surface area contributed by atoms with Gasteiger partial charge in [-0.25, -0.2) is 9.97 Å². The molecule has 0 unspecified atom stereocenters. The number of quaternary nitrogens is 1. The Balaban J connectivity index is 1.43. The van der Waals surface area contributed by atoms with Crippen molar-refractivity contribution in [3.8, 4) is 0 Å². The normalized spacial score (nSPS) is 15.6. The summed E-state index contributed by atoms with van der Waals surface area (Å²) in [6, 6.07) is 0. The van der Waals surface area contributed by atoms with Gasteiger partial charge in [0.15, 0.2) is 0 Å². The number of hydrogen-bond donors (Lipinski definition) is 2. The highest BCUT2D eigenvalue weighted by molar-refractivity contribution is 8.00. The first-order valence-electron chi connectivity index (χ1n) is 8.66. The van der Waals surface area contributed by atoms with Crippen LogP contribution in [0.4, 0.5) is 0 Å². The van der Waals surface area contributed by atoms with E-state index in [1.807, 2.05) is 0 Å². The Hall–Kier alpha value is -1.22. The number of hydrogen-bond acceptors (Lipinski definition) is 6. The van der Waals surface area contributed by atoms with Crippen LogP contribution in [0, 0.1) is 13.8 Å². The van der Waals surface area contributed by atoms with Crippen molar-refractivity contribution in [1.82, 2.24) is 15.3 Å². The monoisotopic (exact) mass is 381 g/mol. The van der Waals surface area contributed by atoms with Crippen molar-refractivity contribution < 1.29 is 14.4 Å². The highest BCUT2D eigenvalue weighted by Gasteiger charge is 2.15. The molecule has 0 aromatic carbocycles. The number of aromatic nitrogens is 2. The topological polar surface area (TPSA) is 68.5 Å². The molecule has 136 valence electrons. The molecule has 0 aliphatic carbocycles. The van der Waals surface area contributed by atoms with Crippen LogP contribution >= 0.6 is 23.1 Å². The van der Waals surface area contributed by atoms with Gasteiger partial charge in [0.1, 0.15) is 29.3 Å². The number of carbonyl (C=O) groups excluding carboxylic acids is 1. The van der Waals surface area contributed by atoms with E-state index in [-0.39, 0.29) is 5.91 Å². The number of amides is 1. The molecule has 1 saturated heterocycles. The first-order chi connectivity index (χ1) is 12.1. The molecule has 1 aliphatic heterocycles. The summed E-state index contributed by atoms with van der Waals surface area (Å²) in [5.41, 5.74) is 1.22. The molecule has 6 nitrogen and oxygen atoms in total. The third kappa shape index (κ3) is 4.91. The number of ether oxygens (including phenoxy) is 1. The van der Waals surface area contributed by atoms with Gasteiger partial charge >= 0.3 is 0 Å². The maximum atomic E-state index is 12.1. The summed E-state index contributed by atoms with van der Waals surface area (Å²) in [6.07, 6.45) is 2.59. The second kappa shape index (κ2) is 8.93. The maximum absolute atomic E-state index is 12.1.